The van der Waals surface area contributed by atoms with Crippen molar-refractivity contribution in [1.29, 1.82) is 0 Å². The van der Waals surface area contributed by atoms with E-state index in [1.807, 2.05) is 31.4 Å². The van der Waals surface area contributed by atoms with Crippen molar-refractivity contribution in [2.75, 3.05) is 6.26 Å². The molecule has 0 saturated carbocycles. The smallest absolute Gasteiger partial charge is 0.277 e. The van der Waals surface area contributed by atoms with Crippen LogP contribution in [0.3, 0.4) is 0 Å². The molecule has 0 spiro atoms. The second-order valence-electron chi connectivity index (χ2n) is 4.12. The van der Waals surface area contributed by atoms with Gasteiger partial charge in [-0.25, -0.2) is 4.98 Å². The van der Waals surface area contributed by atoms with E-state index in [4.69, 9.17) is 4.74 Å². The zero-order valence-corrected chi connectivity index (χ0v) is 12.0. The molecule has 2 rings (SSSR count). The number of hydrogen-bond acceptors (Lipinski definition) is 5. The number of pyridine rings is 1. The summed E-state index contributed by atoms with van der Waals surface area (Å²) in [6.45, 7) is 1.99. The Balaban J connectivity index is 2.26. The summed E-state index contributed by atoms with van der Waals surface area (Å²) in [5.74, 6) is 0.468. The van der Waals surface area contributed by atoms with Crippen LogP contribution in [-0.2, 0) is 6.61 Å². The minimum Gasteiger partial charge on any atom is -0.472 e. The van der Waals surface area contributed by atoms with Gasteiger partial charge in [-0.3, -0.25) is 10.1 Å². The van der Waals surface area contributed by atoms with Crippen molar-refractivity contribution in [1.82, 2.24) is 4.98 Å². The Morgan fingerprint density at radius 1 is 1.30 bits per heavy atom. The highest BCUT2D eigenvalue weighted by Crippen LogP contribution is 2.29. The van der Waals surface area contributed by atoms with Gasteiger partial charge in [-0.1, -0.05) is 12.1 Å². The van der Waals surface area contributed by atoms with Gasteiger partial charge < -0.3 is 4.74 Å². The van der Waals surface area contributed by atoms with E-state index in [2.05, 4.69) is 4.98 Å². The van der Waals surface area contributed by atoms with Crippen molar-refractivity contribution >= 4 is 17.4 Å². The zero-order valence-electron chi connectivity index (χ0n) is 11.2. The number of nitro groups is 1. The van der Waals surface area contributed by atoms with Crippen LogP contribution < -0.4 is 4.74 Å². The van der Waals surface area contributed by atoms with E-state index in [0.717, 1.165) is 10.6 Å². The summed E-state index contributed by atoms with van der Waals surface area (Å²) in [5.41, 5.74) is 1.49. The molecule has 0 atom stereocenters. The van der Waals surface area contributed by atoms with Crippen LogP contribution >= 0.6 is 11.8 Å². The predicted molar refractivity (Wildman–Crippen MR) is 78.2 cm³/mol. The summed E-state index contributed by atoms with van der Waals surface area (Å²) in [6.07, 6.45) is 1.88. The van der Waals surface area contributed by atoms with Crippen LogP contribution in [0.15, 0.2) is 41.3 Å². The fraction of sp³-hybridized carbons (Fsp3) is 0.214. The summed E-state index contributed by atoms with van der Waals surface area (Å²) in [7, 11) is 0. The fourth-order valence-electron chi connectivity index (χ4n) is 1.81. The molecule has 0 bridgehead atoms. The van der Waals surface area contributed by atoms with Crippen LogP contribution in [0.25, 0.3) is 0 Å². The second-order valence-corrected chi connectivity index (χ2v) is 4.97. The molecule has 0 aliphatic rings. The van der Waals surface area contributed by atoms with E-state index >= 15 is 0 Å². The molecule has 5 nitrogen and oxygen atoms in total. The molecule has 0 unspecified atom stereocenters. The van der Waals surface area contributed by atoms with E-state index in [1.165, 1.54) is 17.8 Å². The Morgan fingerprint density at radius 3 is 2.70 bits per heavy atom. The number of hydrogen-bond donors (Lipinski definition) is 0. The summed E-state index contributed by atoms with van der Waals surface area (Å²) >= 11 is 1.46. The fourth-order valence-corrected chi connectivity index (χ4v) is 2.43. The van der Waals surface area contributed by atoms with Gasteiger partial charge in [0.05, 0.1) is 10.5 Å². The van der Waals surface area contributed by atoms with Gasteiger partial charge in [0.25, 0.3) is 5.69 Å². The highest BCUT2D eigenvalue weighted by atomic mass is 32.2. The Hall–Kier alpha value is -2.08. The topological polar surface area (TPSA) is 65.3 Å². The van der Waals surface area contributed by atoms with E-state index in [9.17, 15) is 10.1 Å². The van der Waals surface area contributed by atoms with Crippen LogP contribution in [0.2, 0.25) is 0 Å². The molecule has 0 radical (unpaired) electrons. The minimum absolute atomic E-state index is 0.0736. The molecule has 0 N–H and O–H groups in total. The monoisotopic (exact) mass is 290 g/mol. The summed E-state index contributed by atoms with van der Waals surface area (Å²) in [4.78, 5) is 15.8. The van der Waals surface area contributed by atoms with E-state index in [1.54, 1.807) is 12.1 Å². The molecule has 20 heavy (non-hydrogen) atoms. The van der Waals surface area contributed by atoms with Crippen LogP contribution in [-0.4, -0.2) is 16.2 Å². The maximum Gasteiger partial charge on any atom is 0.277 e. The van der Waals surface area contributed by atoms with Gasteiger partial charge in [0.1, 0.15) is 6.61 Å². The third-order valence-corrected chi connectivity index (χ3v) is 3.57. The molecule has 0 aliphatic carbocycles. The van der Waals surface area contributed by atoms with Gasteiger partial charge in [-0.15, -0.1) is 11.8 Å². The number of nitrogens with zero attached hydrogens (tertiary/aromatic N) is 2. The maximum absolute atomic E-state index is 11.1. The van der Waals surface area contributed by atoms with E-state index < -0.39 is 0 Å². The lowest BCUT2D eigenvalue weighted by atomic mass is 10.2. The molecule has 1 heterocycles. The molecular formula is C14H14N2O3S. The third kappa shape index (κ3) is 3.27. The molecule has 0 saturated heterocycles. The lowest BCUT2D eigenvalue weighted by Crippen LogP contribution is -2.03. The predicted octanol–water partition coefficient (Wildman–Crippen LogP) is 3.60. The van der Waals surface area contributed by atoms with Gasteiger partial charge in [0.15, 0.2) is 0 Å². The molecule has 1 aromatic carbocycles. The number of thioether (sulfide) groups is 1. The average Bonchev–Trinajstić information content (AvgIpc) is 2.44. The number of rotatable bonds is 5. The molecule has 6 heteroatoms. The number of benzene rings is 1. The van der Waals surface area contributed by atoms with E-state index in [-0.39, 0.29) is 17.2 Å². The summed E-state index contributed by atoms with van der Waals surface area (Å²) < 4.78 is 5.58. The first-order chi connectivity index (χ1) is 9.61. The van der Waals surface area contributed by atoms with Crippen LogP contribution in [0.1, 0.15) is 11.3 Å². The largest absolute Gasteiger partial charge is 0.472 e. The normalized spacial score (nSPS) is 10.3. The van der Waals surface area contributed by atoms with Crippen molar-refractivity contribution in [2.45, 2.75) is 18.4 Å². The summed E-state index contributed by atoms with van der Waals surface area (Å²) in [5, 5.41) is 11.1. The first kappa shape index (κ1) is 14.3. The van der Waals surface area contributed by atoms with Gasteiger partial charge >= 0.3 is 0 Å². The van der Waals surface area contributed by atoms with Gasteiger partial charge in [0, 0.05) is 22.7 Å². The SMILES string of the molecule is CSc1cccc([N+](=O)[O-])c1COc1cccc(C)n1. The molecule has 0 amide bonds. The molecular weight excluding hydrogens is 276 g/mol. The first-order valence-corrected chi connectivity index (χ1v) is 7.21. The van der Waals surface area contributed by atoms with Crippen LogP contribution in [0.4, 0.5) is 5.69 Å². The number of ether oxygens (including phenoxy) is 1. The molecule has 1 aromatic heterocycles. The lowest BCUT2D eigenvalue weighted by Gasteiger charge is -2.09. The minimum atomic E-state index is -0.387. The second kappa shape index (κ2) is 6.38. The zero-order chi connectivity index (χ0) is 14.5. The maximum atomic E-state index is 11.1. The number of aryl methyl sites for hydroxylation is 1. The standard InChI is InChI=1S/C14H14N2O3S/c1-10-5-3-8-14(15-10)19-9-11-12(16(17)18)6-4-7-13(11)20-2/h3-8H,9H2,1-2H3. The first-order valence-electron chi connectivity index (χ1n) is 5.98. The number of aromatic nitrogens is 1. The highest BCUT2D eigenvalue weighted by molar-refractivity contribution is 7.98. The van der Waals surface area contributed by atoms with Crippen LogP contribution in [0, 0.1) is 17.0 Å². The third-order valence-electron chi connectivity index (χ3n) is 2.75. The van der Waals surface area contributed by atoms with Crippen molar-refractivity contribution < 1.29 is 9.66 Å². The molecule has 2 aromatic rings. The summed E-state index contributed by atoms with van der Waals surface area (Å²) in [6, 6.07) is 10.5. The van der Waals surface area contributed by atoms with Crippen molar-refractivity contribution in [3.63, 3.8) is 0 Å². The molecule has 0 aliphatic heterocycles. The van der Waals surface area contributed by atoms with Crippen molar-refractivity contribution in [2.24, 2.45) is 0 Å². The molecule has 104 valence electrons. The Labute approximate surface area is 121 Å². The van der Waals surface area contributed by atoms with E-state index in [0.29, 0.717) is 11.4 Å². The Bertz CT molecular complexity index is 632. The van der Waals surface area contributed by atoms with Gasteiger partial charge in [-0.05, 0) is 25.3 Å². The van der Waals surface area contributed by atoms with Crippen molar-refractivity contribution in [3.05, 3.63) is 57.8 Å². The lowest BCUT2D eigenvalue weighted by molar-refractivity contribution is -0.386. The quantitative estimate of drug-likeness (QED) is 0.478. The van der Waals surface area contributed by atoms with Gasteiger partial charge in [0.2, 0.25) is 5.88 Å². The Kier molecular flexibility index (Phi) is 4.57. The van der Waals surface area contributed by atoms with Crippen molar-refractivity contribution in [3.8, 4) is 5.88 Å². The Morgan fingerprint density at radius 2 is 2.05 bits per heavy atom. The number of nitro benzene ring substituents is 1. The highest BCUT2D eigenvalue weighted by Gasteiger charge is 2.17. The van der Waals surface area contributed by atoms with Crippen LogP contribution in [0.5, 0.6) is 5.88 Å². The molecule has 0 fully saturated rings. The average molecular weight is 290 g/mol. The van der Waals surface area contributed by atoms with Gasteiger partial charge in [-0.2, -0.15) is 0 Å².